The summed E-state index contributed by atoms with van der Waals surface area (Å²) in [7, 11) is 0. The molecule has 1 amide bonds. The first-order chi connectivity index (χ1) is 17.9. The molecule has 38 heavy (non-hydrogen) atoms. The van der Waals surface area contributed by atoms with Crippen molar-refractivity contribution in [3.63, 3.8) is 0 Å². The van der Waals surface area contributed by atoms with Crippen molar-refractivity contribution in [2.75, 3.05) is 5.32 Å². The number of nitrogens with zero attached hydrogens (tertiary/aromatic N) is 4. The van der Waals surface area contributed by atoms with Crippen molar-refractivity contribution in [2.24, 2.45) is 0 Å². The lowest BCUT2D eigenvalue weighted by molar-refractivity contribution is -0.390. The molecule has 0 saturated heterocycles. The van der Waals surface area contributed by atoms with E-state index in [4.69, 9.17) is 9.15 Å². The van der Waals surface area contributed by atoms with Gasteiger partial charge in [-0.15, -0.1) is 0 Å². The van der Waals surface area contributed by atoms with Crippen LogP contribution in [0.2, 0.25) is 0 Å². The van der Waals surface area contributed by atoms with Crippen LogP contribution in [0.1, 0.15) is 21.9 Å². The largest absolute Gasteiger partial charge is 0.457 e. The highest BCUT2D eigenvalue weighted by Gasteiger charge is 2.30. The number of carbonyl (C=O) groups is 1. The van der Waals surface area contributed by atoms with E-state index in [9.17, 15) is 38.2 Å². The number of hydrogen-bond donors (Lipinski definition) is 1. The molecule has 2 aromatic carbocycles. The van der Waals surface area contributed by atoms with Crippen LogP contribution >= 0.6 is 15.9 Å². The van der Waals surface area contributed by atoms with Gasteiger partial charge in [0.15, 0.2) is 5.76 Å². The van der Waals surface area contributed by atoms with Crippen LogP contribution in [-0.2, 0) is 12.7 Å². The summed E-state index contributed by atoms with van der Waals surface area (Å²) in [4.78, 5) is 33.5. The molecule has 196 valence electrons. The Morgan fingerprint density at radius 2 is 1.84 bits per heavy atom. The van der Waals surface area contributed by atoms with Gasteiger partial charge in [-0.1, -0.05) is 6.07 Å². The molecule has 1 N–H and O–H groups in total. The number of nitro benzene ring substituents is 1. The van der Waals surface area contributed by atoms with E-state index in [1.165, 1.54) is 35.1 Å². The van der Waals surface area contributed by atoms with Gasteiger partial charge in [0.05, 0.1) is 33.5 Å². The molecule has 0 radical (unpaired) electrons. The minimum atomic E-state index is -4.62. The summed E-state index contributed by atoms with van der Waals surface area (Å²) in [6, 6.07) is 9.89. The van der Waals surface area contributed by atoms with Crippen LogP contribution in [-0.4, -0.2) is 25.5 Å². The zero-order valence-corrected chi connectivity index (χ0v) is 20.2. The average molecular weight is 596 g/mol. The lowest BCUT2D eigenvalue weighted by Crippen LogP contribution is -2.11. The Hall–Kier alpha value is -4.73. The highest BCUT2D eigenvalue weighted by atomic mass is 79.9. The normalized spacial score (nSPS) is 11.3. The van der Waals surface area contributed by atoms with E-state index in [1.54, 1.807) is 0 Å². The number of rotatable bonds is 8. The van der Waals surface area contributed by atoms with E-state index in [2.05, 4.69) is 26.3 Å². The predicted molar refractivity (Wildman–Crippen MR) is 127 cm³/mol. The lowest BCUT2D eigenvalue weighted by Gasteiger charge is -2.11. The third kappa shape index (κ3) is 6.15. The molecule has 0 bridgehead atoms. The van der Waals surface area contributed by atoms with E-state index in [0.29, 0.717) is 0 Å². The van der Waals surface area contributed by atoms with Crippen molar-refractivity contribution < 1.29 is 37.0 Å². The number of non-ortho nitro benzene ring substituents is 1. The predicted octanol–water partition coefficient (Wildman–Crippen LogP) is 6.17. The number of ether oxygens (including phenoxy) is 1. The van der Waals surface area contributed by atoms with Gasteiger partial charge in [0.1, 0.15) is 28.3 Å². The van der Waals surface area contributed by atoms with Crippen molar-refractivity contribution in [1.82, 2.24) is 9.78 Å². The van der Waals surface area contributed by atoms with Gasteiger partial charge >= 0.3 is 12.0 Å². The fourth-order valence-electron chi connectivity index (χ4n) is 3.22. The summed E-state index contributed by atoms with van der Waals surface area (Å²) in [5, 5.41) is 28.5. The third-order valence-electron chi connectivity index (χ3n) is 4.83. The van der Waals surface area contributed by atoms with Gasteiger partial charge in [-0.2, -0.15) is 17.9 Å². The van der Waals surface area contributed by atoms with Crippen LogP contribution in [0.4, 0.5) is 30.4 Å². The van der Waals surface area contributed by atoms with Gasteiger partial charge in [0.25, 0.3) is 11.6 Å². The van der Waals surface area contributed by atoms with Gasteiger partial charge < -0.3 is 24.6 Å². The van der Waals surface area contributed by atoms with E-state index in [0.717, 1.165) is 30.3 Å². The average Bonchev–Trinajstić information content (AvgIpc) is 3.45. The molecule has 0 unspecified atom stereocenters. The van der Waals surface area contributed by atoms with E-state index in [-0.39, 0.29) is 39.7 Å². The van der Waals surface area contributed by atoms with Crippen LogP contribution in [0.5, 0.6) is 11.5 Å². The quantitative estimate of drug-likeness (QED) is 0.187. The second-order valence-electron chi connectivity index (χ2n) is 7.58. The Kier molecular flexibility index (Phi) is 7.16. The number of anilines is 1. The van der Waals surface area contributed by atoms with Crippen LogP contribution in [0, 0.1) is 20.2 Å². The molecule has 0 saturated carbocycles. The molecule has 4 rings (SSSR count). The number of furan rings is 1. The van der Waals surface area contributed by atoms with Crippen molar-refractivity contribution in [2.45, 2.75) is 12.7 Å². The van der Waals surface area contributed by atoms with Crippen LogP contribution < -0.4 is 10.1 Å². The van der Waals surface area contributed by atoms with Crippen LogP contribution in [0.3, 0.4) is 0 Å². The number of hydrogen-bond acceptors (Lipinski definition) is 8. The maximum atomic E-state index is 13.0. The number of benzene rings is 2. The fourth-order valence-corrected chi connectivity index (χ4v) is 3.68. The minimum absolute atomic E-state index is 0.0362. The number of nitrogens with one attached hydrogen (secondary N) is 1. The second kappa shape index (κ2) is 10.3. The number of nitro groups is 2. The summed E-state index contributed by atoms with van der Waals surface area (Å²) in [6.07, 6.45) is -3.26. The van der Waals surface area contributed by atoms with Gasteiger partial charge in [-0.05, 0) is 51.2 Å². The number of aromatic nitrogens is 2. The lowest BCUT2D eigenvalue weighted by atomic mass is 10.2. The smallest absolute Gasteiger partial charge is 0.416 e. The molecule has 0 fully saturated rings. The second-order valence-corrected chi connectivity index (χ2v) is 8.43. The topological polar surface area (TPSA) is 156 Å². The molecular weight excluding hydrogens is 583 g/mol. The van der Waals surface area contributed by atoms with Crippen molar-refractivity contribution >= 4 is 39.0 Å². The Bertz CT molecular complexity index is 1550. The molecule has 0 spiro atoms. The molecule has 0 aliphatic rings. The molecule has 2 aromatic heterocycles. The number of alkyl halides is 3. The molecule has 16 heteroatoms. The highest BCUT2D eigenvalue weighted by Crippen LogP contribution is 2.34. The summed E-state index contributed by atoms with van der Waals surface area (Å²) >= 11 is 3.02. The molecule has 0 atom stereocenters. The minimum Gasteiger partial charge on any atom is -0.457 e. The van der Waals surface area contributed by atoms with Crippen LogP contribution in [0.15, 0.2) is 69.7 Å². The first-order valence-electron chi connectivity index (χ1n) is 10.3. The van der Waals surface area contributed by atoms with E-state index < -0.39 is 39.0 Å². The molecule has 0 aliphatic heterocycles. The first-order valence-corrected chi connectivity index (χ1v) is 11.1. The van der Waals surface area contributed by atoms with Crippen LogP contribution in [0.25, 0.3) is 0 Å². The van der Waals surface area contributed by atoms with Gasteiger partial charge in [-0.3, -0.25) is 14.9 Å². The van der Waals surface area contributed by atoms with Crippen molar-refractivity contribution in [3.05, 3.63) is 103 Å². The molecular formula is C22H13BrF3N5O7. The maximum Gasteiger partial charge on any atom is 0.416 e. The highest BCUT2D eigenvalue weighted by molar-refractivity contribution is 9.10. The van der Waals surface area contributed by atoms with Gasteiger partial charge in [0, 0.05) is 12.1 Å². The summed E-state index contributed by atoms with van der Waals surface area (Å²) in [6.45, 7) is -0.0362. The van der Waals surface area contributed by atoms with E-state index >= 15 is 0 Å². The van der Waals surface area contributed by atoms with Crippen molar-refractivity contribution in [3.8, 4) is 11.5 Å². The Morgan fingerprint density at radius 3 is 2.50 bits per heavy atom. The number of amides is 1. The van der Waals surface area contributed by atoms with Gasteiger partial charge in [0.2, 0.25) is 0 Å². The molecule has 0 aliphatic carbocycles. The third-order valence-corrected chi connectivity index (χ3v) is 5.39. The fraction of sp³-hybridized carbons (Fsp3) is 0.0909. The molecule has 4 aromatic rings. The number of carbonyl (C=O) groups excluding carboxylic acids is 1. The zero-order valence-electron chi connectivity index (χ0n) is 18.6. The molecule has 2 heterocycles. The molecule has 12 nitrogen and oxygen atoms in total. The maximum absolute atomic E-state index is 13.0. The van der Waals surface area contributed by atoms with Gasteiger partial charge in [-0.25, -0.2) is 0 Å². The van der Waals surface area contributed by atoms with E-state index in [1.807, 2.05) is 0 Å². The number of halogens is 4. The summed E-state index contributed by atoms with van der Waals surface area (Å²) < 4.78 is 51.2. The summed E-state index contributed by atoms with van der Waals surface area (Å²) in [5.41, 5.74) is -1.55. The Morgan fingerprint density at radius 1 is 1.08 bits per heavy atom. The SMILES string of the molecule is O=C(Nc1cc(Oc2cccc(C(F)(F)F)c2)cc([N+](=O)[O-])c1)c1ccc(Cn2cc(Br)c([N+](=O)[O-])n2)o1. The van der Waals surface area contributed by atoms with Crippen molar-refractivity contribution in [1.29, 1.82) is 0 Å². The Balaban J connectivity index is 1.52. The monoisotopic (exact) mass is 595 g/mol. The zero-order chi connectivity index (χ0) is 27.6. The summed E-state index contributed by atoms with van der Waals surface area (Å²) in [5.74, 6) is -1.57. The first kappa shape index (κ1) is 26.3. The standard InChI is InChI=1S/C22H13BrF3N5O7/c23-18-11-29(28-20(18)31(35)36)10-16-4-5-19(38-16)21(32)27-13-7-14(30(33)34)9-17(8-13)37-15-3-1-2-12(6-15)22(24,25)26/h1-9,11H,10H2,(H,27,32). The Labute approximate surface area is 218 Å².